The number of benzene rings is 1. The van der Waals surface area contributed by atoms with Gasteiger partial charge in [-0.15, -0.1) is 11.8 Å². The fourth-order valence-electron chi connectivity index (χ4n) is 3.11. The Bertz CT molecular complexity index is 770. The third kappa shape index (κ3) is 3.02. The molecule has 1 saturated heterocycles. The third-order valence-electron chi connectivity index (χ3n) is 4.68. The maximum atomic E-state index is 13.2. The number of carbonyl (C=O) groups excluding carboxylic acids is 2. The molecule has 26 heavy (non-hydrogen) atoms. The van der Waals surface area contributed by atoms with Gasteiger partial charge in [0.05, 0.1) is 11.4 Å². The largest absolute Gasteiger partial charge is 0.481 e. The Kier molecular flexibility index (Phi) is 4.63. The average Bonchev–Trinajstić information content (AvgIpc) is 3.04. The number of rotatable bonds is 3. The molecule has 3 rings (SSSR count). The third-order valence-corrected chi connectivity index (χ3v) is 5.72. The number of hydrogen-bond acceptors (Lipinski definition) is 4. The monoisotopic (exact) mass is 388 g/mol. The van der Waals surface area contributed by atoms with Gasteiger partial charge < -0.3 is 14.9 Å². The van der Waals surface area contributed by atoms with E-state index in [4.69, 9.17) is 5.11 Å². The van der Waals surface area contributed by atoms with Gasteiger partial charge in [0, 0.05) is 18.0 Å². The van der Waals surface area contributed by atoms with Crippen molar-refractivity contribution in [3.8, 4) is 0 Å². The molecule has 6 nitrogen and oxygen atoms in total. The molecule has 1 unspecified atom stereocenters. The molecule has 10 heteroatoms. The number of nitrogens with zero attached hydrogens (tertiary/aromatic N) is 2. The number of carboxylic acid groups (broad SMARTS) is 1. The summed E-state index contributed by atoms with van der Waals surface area (Å²) in [4.78, 5) is 38.8. The van der Waals surface area contributed by atoms with Crippen LogP contribution in [0, 0.1) is 5.41 Å². The van der Waals surface area contributed by atoms with Crippen LogP contribution in [0.3, 0.4) is 0 Å². The fraction of sp³-hybridized carbons (Fsp3) is 0.438. The van der Waals surface area contributed by atoms with Crippen LogP contribution in [0.25, 0.3) is 0 Å². The maximum absolute atomic E-state index is 13.2. The van der Waals surface area contributed by atoms with Crippen molar-refractivity contribution in [2.45, 2.75) is 17.5 Å². The van der Waals surface area contributed by atoms with Gasteiger partial charge in [0.1, 0.15) is 6.54 Å². The van der Waals surface area contributed by atoms with E-state index < -0.39 is 43.0 Å². The SMILES string of the molecule is O=C(CN1C(=O)CSc2ccccc21)N1CCC(C(=O)O)(C(F)(F)F)C1. The quantitative estimate of drug-likeness (QED) is 0.857. The zero-order valence-electron chi connectivity index (χ0n) is 13.5. The molecule has 0 aliphatic carbocycles. The van der Waals surface area contributed by atoms with E-state index in [1.54, 1.807) is 24.3 Å². The average molecular weight is 388 g/mol. The van der Waals surface area contributed by atoms with E-state index in [-0.39, 0.29) is 18.2 Å². The van der Waals surface area contributed by atoms with E-state index in [1.807, 2.05) is 0 Å². The van der Waals surface area contributed by atoms with E-state index in [1.165, 1.54) is 16.7 Å². The first-order valence-electron chi connectivity index (χ1n) is 7.76. The molecular formula is C16H15F3N2O4S. The van der Waals surface area contributed by atoms with Crippen molar-refractivity contribution in [2.24, 2.45) is 5.41 Å². The summed E-state index contributed by atoms with van der Waals surface area (Å²) in [5.74, 6) is -2.88. The van der Waals surface area contributed by atoms with Crippen LogP contribution >= 0.6 is 11.8 Å². The molecule has 140 valence electrons. The lowest BCUT2D eigenvalue weighted by Gasteiger charge is -2.31. The summed E-state index contributed by atoms with van der Waals surface area (Å²) in [6, 6.07) is 6.93. The zero-order chi connectivity index (χ0) is 19.1. The van der Waals surface area contributed by atoms with Gasteiger partial charge in [-0.3, -0.25) is 14.4 Å². The number of anilines is 1. The first kappa shape index (κ1) is 18.6. The van der Waals surface area contributed by atoms with Crippen LogP contribution < -0.4 is 4.90 Å². The van der Waals surface area contributed by atoms with Crippen LogP contribution in [-0.2, 0) is 14.4 Å². The Morgan fingerprint density at radius 3 is 2.58 bits per heavy atom. The molecule has 2 aliphatic rings. The van der Waals surface area contributed by atoms with Crippen molar-refractivity contribution in [2.75, 3.05) is 30.3 Å². The number of para-hydroxylation sites is 1. The minimum absolute atomic E-state index is 0.131. The Balaban J connectivity index is 1.78. The highest BCUT2D eigenvalue weighted by Gasteiger charge is 2.64. The van der Waals surface area contributed by atoms with Crippen LogP contribution in [0.1, 0.15) is 6.42 Å². The Morgan fingerprint density at radius 1 is 1.27 bits per heavy atom. The van der Waals surface area contributed by atoms with Crippen molar-refractivity contribution < 1.29 is 32.7 Å². The van der Waals surface area contributed by atoms with Gasteiger partial charge in [0.2, 0.25) is 11.8 Å². The second-order valence-electron chi connectivity index (χ2n) is 6.19. The Morgan fingerprint density at radius 2 is 1.96 bits per heavy atom. The van der Waals surface area contributed by atoms with Gasteiger partial charge in [-0.05, 0) is 18.6 Å². The normalized spacial score (nSPS) is 23.1. The number of alkyl halides is 3. The highest BCUT2D eigenvalue weighted by atomic mass is 32.2. The number of likely N-dealkylation sites (tertiary alicyclic amines) is 1. The lowest BCUT2D eigenvalue weighted by atomic mass is 9.86. The summed E-state index contributed by atoms with van der Waals surface area (Å²) >= 11 is 1.32. The van der Waals surface area contributed by atoms with Crippen molar-refractivity contribution in [3.63, 3.8) is 0 Å². The minimum Gasteiger partial charge on any atom is -0.481 e. The summed E-state index contributed by atoms with van der Waals surface area (Å²) in [6.07, 6.45) is -5.66. The van der Waals surface area contributed by atoms with Crippen LogP contribution in [0.15, 0.2) is 29.2 Å². The number of hydrogen-bond donors (Lipinski definition) is 1. The molecule has 0 saturated carbocycles. The molecule has 2 aliphatic heterocycles. The number of halogens is 3. The van der Waals surface area contributed by atoms with E-state index in [2.05, 4.69) is 0 Å². The maximum Gasteiger partial charge on any atom is 0.406 e. The molecule has 1 N–H and O–H groups in total. The molecule has 1 fully saturated rings. The second kappa shape index (κ2) is 6.49. The van der Waals surface area contributed by atoms with Crippen LogP contribution in [0.2, 0.25) is 0 Å². The minimum atomic E-state index is -4.96. The standard InChI is InChI=1S/C16H15F3N2O4S/c17-16(18,19)15(14(24)25)5-6-20(9-15)12(22)7-21-10-3-1-2-4-11(10)26-8-13(21)23/h1-4H,5-9H2,(H,24,25). The number of thioether (sulfide) groups is 1. The lowest BCUT2D eigenvalue weighted by Crippen LogP contribution is -2.49. The molecule has 0 aromatic heterocycles. The van der Waals surface area contributed by atoms with Crippen molar-refractivity contribution in [3.05, 3.63) is 24.3 Å². The van der Waals surface area contributed by atoms with Crippen LogP contribution in [0.4, 0.5) is 18.9 Å². The Labute approximate surface area is 150 Å². The number of aliphatic carboxylic acids is 1. The first-order chi connectivity index (χ1) is 12.2. The van der Waals surface area contributed by atoms with Crippen molar-refractivity contribution in [1.82, 2.24) is 4.90 Å². The molecule has 2 amide bonds. The van der Waals surface area contributed by atoms with Gasteiger partial charge in [-0.2, -0.15) is 13.2 Å². The van der Waals surface area contributed by atoms with Crippen molar-refractivity contribution >= 4 is 35.2 Å². The van der Waals surface area contributed by atoms with Gasteiger partial charge in [0.15, 0.2) is 5.41 Å². The van der Waals surface area contributed by atoms with Gasteiger partial charge in [0.25, 0.3) is 0 Å². The van der Waals surface area contributed by atoms with Gasteiger partial charge in [-0.25, -0.2) is 0 Å². The second-order valence-corrected chi connectivity index (χ2v) is 7.20. The summed E-state index contributed by atoms with van der Waals surface area (Å²) in [5, 5.41) is 9.07. The summed E-state index contributed by atoms with van der Waals surface area (Å²) < 4.78 is 39.7. The van der Waals surface area contributed by atoms with E-state index in [9.17, 15) is 27.6 Å². The van der Waals surface area contributed by atoms with E-state index >= 15 is 0 Å². The van der Waals surface area contributed by atoms with E-state index in [0.717, 1.165) is 9.80 Å². The smallest absolute Gasteiger partial charge is 0.406 e. The van der Waals surface area contributed by atoms with Crippen molar-refractivity contribution in [1.29, 1.82) is 0 Å². The lowest BCUT2D eigenvalue weighted by molar-refractivity contribution is -0.227. The van der Waals surface area contributed by atoms with Gasteiger partial charge >= 0.3 is 12.1 Å². The topological polar surface area (TPSA) is 77.9 Å². The Hall–Kier alpha value is -2.23. The predicted octanol–water partition coefficient (Wildman–Crippen LogP) is 1.99. The number of fused-ring (bicyclic) bond motifs is 1. The van der Waals surface area contributed by atoms with Crippen LogP contribution in [-0.4, -0.2) is 59.4 Å². The zero-order valence-corrected chi connectivity index (χ0v) is 14.3. The highest BCUT2D eigenvalue weighted by Crippen LogP contribution is 2.46. The molecule has 1 aromatic carbocycles. The summed E-state index contributed by atoms with van der Waals surface area (Å²) in [6.45, 7) is -1.67. The first-order valence-corrected chi connectivity index (χ1v) is 8.74. The summed E-state index contributed by atoms with van der Waals surface area (Å²) in [7, 11) is 0. The predicted molar refractivity (Wildman–Crippen MR) is 86.8 cm³/mol. The molecular weight excluding hydrogens is 373 g/mol. The molecule has 0 spiro atoms. The van der Waals surface area contributed by atoms with Gasteiger partial charge in [-0.1, -0.05) is 12.1 Å². The molecule has 0 bridgehead atoms. The van der Waals surface area contributed by atoms with Crippen LogP contribution in [0.5, 0.6) is 0 Å². The highest BCUT2D eigenvalue weighted by molar-refractivity contribution is 8.00. The summed E-state index contributed by atoms with van der Waals surface area (Å²) in [5.41, 5.74) is -2.43. The number of carbonyl (C=O) groups is 3. The molecule has 1 atom stereocenters. The number of carboxylic acids is 1. The fourth-order valence-corrected chi connectivity index (χ4v) is 4.05. The molecule has 1 aromatic rings. The molecule has 2 heterocycles. The molecule has 0 radical (unpaired) electrons. The van der Waals surface area contributed by atoms with E-state index in [0.29, 0.717) is 5.69 Å². The number of amides is 2.